The number of hydrogen-bond acceptors (Lipinski definition) is 4. The number of hydrogen-bond donors (Lipinski definition) is 2. The lowest BCUT2D eigenvalue weighted by Crippen LogP contribution is -2.31. The molecule has 1 aliphatic rings. The number of amides is 1. The van der Waals surface area contributed by atoms with Crippen LogP contribution in [0.2, 0.25) is 0 Å². The van der Waals surface area contributed by atoms with Gasteiger partial charge < -0.3 is 5.32 Å². The number of rotatable bonds is 2. The smallest absolute Gasteiger partial charge is 0.274 e. The first-order chi connectivity index (χ1) is 12.0. The summed E-state index contributed by atoms with van der Waals surface area (Å²) in [6.07, 6.45) is 4.65. The maximum absolute atomic E-state index is 12.9. The molecular formula is C17H20N6O2. The molecule has 0 radical (unpaired) electrons. The molecule has 130 valence electrons. The van der Waals surface area contributed by atoms with Crippen molar-refractivity contribution in [1.82, 2.24) is 29.9 Å². The topological polar surface area (TPSA) is 97.6 Å². The molecule has 0 saturated heterocycles. The van der Waals surface area contributed by atoms with Crippen LogP contribution >= 0.6 is 0 Å². The largest absolute Gasteiger partial charge is 0.345 e. The van der Waals surface area contributed by atoms with E-state index in [0.717, 1.165) is 30.5 Å². The summed E-state index contributed by atoms with van der Waals surface area (Å²) < 4.78 is 3.41. The molecule has 1 aliphatic carbocycles. The lowest BCUT2D eigenvalue weighted by Gasteiger charge is -2.24. The van der Waals surface area contributed by atoms with Crippen molar-refractivity contribution in [1.29, 1.82) is 0 Å². The maximum Gasteiger partial charge on any atom is 0.274 e. The number of nitrogens with one attached hydrogen (secondary N) is 2. The van der Waals surface area contributed by atoms with Crippen molar-refractivity contribution in [2.45, 2.75) is 32.2 Å². The van der Waals surface area contributed by atoms with Crippen LogP contribution in [0.3, 0.4) is 0 Å². The fraction of sp³-hybridized carbons (Fsp3) is 0.412. The van der Waals surface area contributed by atoms with Crippen LogP contribution in [0, 0.1) is 6.92 Å². The fourth-order valence-corrected chi connectivity index (χ4v) is 3.66. The molecule has 0 unspecified atom stereocenters. The third kappa shape index (κ3) is 2.45. The first-order valence-electron chi connectivity index (χ1n) is 8.33. The van der Waals surface area contributed by atoms with Crippen molar-refractivity contribution < 1.29 is 4.79 Å². The average Bonchev–Trinajstić information content (AvgIpc) is 3.08. The Kier molecular flexibility index (Phi) is 3.48. The van der Waals surface area contributed by atoms with Gasteiger partial charge in [0.15, 0.2) is 5.65 Å². The molecule has 4 rings (SSSR count). The van der Waals surface area contributed by atoms with Crippen LogP contribution in [0.25, 0.3) is 11.0 Å². The summed E-state index contributed by atoms with van der Waals surface area (Å²) in [4.78, 5) is 29.5. The zero-order valence-corrected chi connectivity index (χ0v) is 14.5. The molecule has 3 aromatic heterocycles. The van der Waals surface area contributed by atoms with Crippen LogP contribution in [0.15, 0.2) is 17.1 Å². The van der Waals surface area contributed by atoms with E-state index in [9.17, 15) is 9.59 Å². The number of fused-ring (bicyclic) bond motifs is 2. The van der Waals surface area contributed by atoms with Crippen LogP contribution in [-0.2, 0) is 20.5 Å². The van der Waals surface area contributed by atoms with Gasteiger partial charge in [0.1, 0.15) is 0 Å². The SMILES string of the molecule is Cc1cc(C(=O)N[C@@H]2CCCc3c2cnn3C)c2c(=O)[nH]n(C)c2n1. The molecule has 0 saturated carbocycles. The summed E-state index contributed by atoms with van der Waals surface area (Å²) in [7, 11) is 3.63. The average molecular weight is 340 g/mol. The quantitative estimate of drug-likeness (QED) is 0.730. The summed E-state index contributed by atoms with van der Waals surface area (Å²) in [5, 5.41) is 10.4. The Morgan fingerprint density at radius 1 is 1.40 bits per heavy atom. The fourth-order valence-electron chi connectivity index (χ4n) is 3.66. The van der Waals surface area contributed by atoms with Gasteiger partial charge in [-0.1, -0.05) is 0 Å². The predicted octanol–water partition coefficient (Wildman–Crippen LogP) is 1.11. The molecule has 0 bridgehead atoms. The summed E-state index contributed by atoms with van der Waals surface area (Å²) in [6.45, 7) is 1.81. The number of aryl methyl sites for hydroxylation is 3. The van der Waals surface area contributed by atoms with Gasteiger partial charge in [0.05, 0.1) is 23.2 Å². The summed E-state index contributed by atoms with van der Waals surface area (Å²) >= 11 is 0. The van der Waals surface area contributed by atoms with Crippen molar-refractivity contribution in [2.75, 3.05) is 0 Å². The van der Waals surface area contributed by atoms with Crippen molar-refractivity contribution in [3.8, 4) is 0 Å². The Balaban J connectivity index is 1.73. The van der Waals surface area contributed by atoms with Crippen LogP contribution in [0.1, 0.15) is 46.2 Å². The second-order valence-corrected chi connectivity index (χ2v) is 6.60. The van der Waals surface area contributed by atoms with Gasteiger partial charge in [-0.25, -0.2) is 4.98 Å². The van der Waals surface area contributed by atoms with Gasteiger partial charge in [0.25, 0.3) is 11.5 Å². The van der Waals surface area contributed by atoms with Crippen LogP contribution in [-0.4, -0.2) is 30.5 Å². The lowest BCUT2D eigenvalue weighted by molar-refractivity contribution is 0.0934. The Labute approximate surface area is 143 Å². The van der Waals surface area contributed by atoms with Crippen LogP contribution < -0.4 is 10.9 Å². The molecule has 1 atom stereocenters. The predicted molar refractivity (Wildman–Crippen MR) is 92.4 cm³/mol. The molecular weight excluding hydrogens is 320 g/mol. The van der Waals surface area contributed by atoms with E-state index in [4.69, 9.17) is 0 Å². The molecule has 3 aromatic rings. The van der Waals surface area contributed by atoms with E-state index in [2.05, 4.69) is 20.5 Å². The van der Waals surface area contributed by atoms with Crippen molar-refractivity contribution in [3.05, 3.63) is 45.1 Å². The molecule has 8 heteroatoms. The van der Waals surface area contributed by atoms with E-state index in [1.54, 1.807) is 17.8 Å². The van der Waals surface area contributed by atoms with Gasteiger partial charge >= 0.3 is 0 Å². The zero-order valence-electron chi connectivity index (χ0n) is 14.5. The molecule has 0 aliphatic heterocycles. The van der Waals surface area contributed by atoms with E-state index in [0.29, 0.717) is 22.3 Å². The second kappa shape index (κ2) is 5.58. The Morgan fingerprint density at radius 2 is 2.20 bits per heavy atom. The van der Waals surface area contributed by atoms with E-state index >= 15 is 0 Å². The normalized spacial score (nSPS) is 16.8. The number of nitrogens with zero attached hydrogens (tertiary/aromatic N) is 4. The summed E-state index contributed by atoms with van der Waals surface area (Å²) in [5.74, 6) is -0.256. The first-order valence-corrected chi connectivity index (χ1v) is 8.33. The molecule has 0 fully saturated rings. The molecule has 8 nitrogen and oxygen atoms in total. The number of aromatic amines is 1. The standard InChI is InChI=1S/C17H20N6O2/c1-9-7-10(14-15(19-9)23(3)21-17(14)25)16(24)20-12-5-4-6-13-11(12)8-18-22(13)2/h7-8,12H,4-6H2,1-3H3,(H,20,24)(H,21,25)/t12-/m1/s1. The highest BCUT2D eigenvalue weighted by atomic mass is 16.2. The van der Waals surface area contributed by atoms with Gasteiger partial charge in [0.2, 0.25) is 0 Å². The van der Waals surface area contributed by atoms with Gasteiger partial charge in [0, 0.05) is 31.0 Å². The lowest BCUT2D eigenvalue weighted by atomic mass is 9.92. The third-order valence-corrected chi connectivity index (χ3v) is 4.87. The minimum Gasteiger partial charge on any atom is -0.345 e. The number of carbonyl (C=O) groups excluding carboxylic acids is 1. The zero-order chi connectivity index (χ0) is 17.7. The highest BCUT2D eigenvalue weighted by molar-refractivity contribution is 6.05. The number of carbonyl (C=O) groups is 1. The van der Waals surface area contributed by atoms with Crippen molar-refractivity contribution >= 4 is 16.9 Å². The van der Waals surface area contributed by atoms with Crippen LogP contribution in [0.4, 0.5) is 0 Å². The van der Waals surface area contributed by atoms with Crippen molar-refractivity contribution in [2.24, 2.45) is 14.1 Å². The van der Waals surface area contributed by atoms with E-state index < -0.39 is 0 Å². The highest BCUT2D eigenvalue weighted by Gasteiger charge is 2.26. The van der Waals surface area contributed by atoms with E-state index in [-0.39, 0.29) is 17.5 Å². The second-order valence-electron chi connectivity index (χ2n) is 6.60. The Morgan fingerprint density at radius 3 is 3.00 bits per heavy atom. The molecule has 25 heavy (non-hydrogen) atoms. The van der Waals surface area contributed by atoms with Gasteiger partial charge in [-0.15, -0.1) is 0 Å². The van der Waals surface area contributed by atoms with Crippen molar-refractivity contribution in [3.63, 3.8) is 0 Å². The number of H-pyrrole nitrogens is 1. The summed E-state index contributed by atoms with van der Waals surface area (Å²) in [5.41, 5.74) is 3.45. The molecule has 3 heterocycles. The minimum absolute atomic E-state index is 0.0868. The van der Waals surface area contributed by atoms with E-state index in [1.807, 2.05) is 24.9 Å². The molecule has 0 spiro atoms. The van der Waals surface area contributed by atoms with E-state index in [1.165, 1.54) is 0 Å². The molecule has 2 N–H and O–H groups in total. The molecule has 1 amide bonds. The molecule has 0 aromatic carbocycles. The first kappa shape index (κ1) is 15.6. The minimum atomic E-state index is -0.305. The number of aromatic nitrogens is 5. The third-order valence-electron chi connectivity index (χ3n) is 4.87. The highest BCUT2D eigenvalue weighted by Crippen LogP contribution is 2.29. The van der Waals surface area contributed by atoms with Crippen LogP contribution in [0.5, 0.6) is 0 Å². The van der Waals surface area contributed by atoms with Gasteiger partial charge in [-0.3, -0.25) is 24.1 Å². The monoisotopic (exact) mass is 340 g/mol. The maximum atomic E-state index is 12.9. The number of pyridine rings is 1. The Hall–Kier alpha value is -2.90. The Bertz CT molecular complexity index is 1040. The van der Waals surface area contributed by atoms with Gasteiger partial charge in [-0.2, -0.15) is 5.10 Å². The summed E-state index contributed by atoms with van der Waals surface area (Å²) in [6, 6.07) is 1.58. The van der Waals surface area contributed by atoms with Gasteiger partial charge in [-0.05, 0) is 32.3 Å².